The van der Waals surface area contributed by atoms with Crippen molar-refractivity contribution in [2.75, 3.05) is 19.9 Å². The van der Waals surface area contributed by atoms with Crippen molar-refractivity contribution in [3.05, 3.63) is 29.8 Å². The number of rotatable bonds is 2. The molecule has 1 aliphatic rings. The molecule has 0 aromatic heterocycles. The van der Waals surface area contributed by atoms with Crippen molar-refractivity contribution >= 4 is 12.4 Å². The molecule has 0 amide bonds. The first-order valence-electron chi connectivity index (χ1n) is 6.35. The zero-order chi connectivity index (χ0) is 12.5. The van der Waals surface area contributed by atoms with Crippen LogP contribution in [0.1, 0.15) is 31.4 Å². The Kier molecular flexibility index (Phi) is 3.75. The van der Waals surface area contributed by atoms with Gasteiger partial charge in [-0.1, -0.05) is 31.2 Å². The third-order valence-electron chi connectivity index (χ3n) is 3.58. The highest BCUT2D eigenvalue weighted by Gasteiger charge is 2.20. The average Bonchev–Trinajstić information content (AvgIpc) is 2.28. The van der Waals surface area contributed by atoms with Gasteiger partial charge in [0.25, 0.3) is 0 Å². The van der Waals surface area contributed by atoms with Crippen molar-refractivity contribution < 1.29 is 4.57 Å². The van der Waals surface area contributed by atoms with Crippen molar-refractivity contribution in [1.82, 2.24) is 5.32 Å². The van der Waals surface area contributed by atoms with Crippen LogP contribution >= 0.6 is 7.14 Å². The fraction of sp³-hybridized carbons (Fsp3) is 0.571. The van der Waals surface area contributed by atoms with Gasteiger partial charge in [0.1, 0.15) is 7.14 Å². The van der Waals surface area contributed by atoms with Crippen molar-refractivity contribution in [3.8, 4) is 0 Å². The van der Waals surface area contributed by atoms with E-state index in [0.29, 0.717) is 6.04 Å². The summed E-state index contributed by atoms with van der Waals surface area (Å²) in [5, 5.41) is 4.53. The molecule has 1 saturated heterocycles. The molecular weight excluding hydrogens is 229 g/mol. The lowest BCUT2D eigenvalue weighted by molar-refractivity contribution is 0.325. The molecule has 2 rings (SSSR count). The van der Waals surface area contributed by atoms with Crippen LogP contribution in [0.25, 0.3) is 0 Å². The lowest BCUT2D eigenvalue weighted by Gasteiger charge is -2.28. The second-order valence-electron chi connectivity index (χ2n) is 5.58. The van der Waals surface area contributed by atoms with E-state index < -0.39 is 7.14 Å². The van der Waals surface area contributed by atoms with Crippen molar-refractivity contribution in [1.29, 1.82) is 0 Å². The van der Waals surface area contributed by atoms with Crippen LogP contribution in [0.15, 0.2) is 24.3 Å². The normalized spacial score (nSPS) is 25.8. The summed E-state index contributed by atoms with van der Waals surface area (Å²) in [5.41, 5.74) is 1.33. The minimum Gasteiger partial charge on any atom is -0.319 e. The predicted molar refractivity (Wildman–Crippen MR) is 74.7 cm³/mol. The molecule has 0 radical (unpaired) electrons. The van der Waals surface area contributed by atoms with Gasteiger partial charge in [-0.25, -0.2) is 0 Å². The van der Waals surface area contributed by atoms with Gasteiger partial charge < -0.3 is 9.88 Å². The molecule has 94 valence electrons. The maximum absolute atomic E-state index is 11.9. The molecule has 0 bridgehead atoms. The summed E-state index contributed by atoms with van der Waals surface area (Å²) >= 11 is 0. The number of piperidine rings is 1. The SMILES string of the molecule is CC1CCNC(c2ccc(P(C)(C)=O)cc2)C1. The van der Waals surface area contributed by atoms with Gasteiger partial charge in [-0.3, -0.25) is 0 Å². The molecule has 2 unspecified atom stereocenters. The Bertz CT molecular complexity index is 420. The third kappa shape index (κ3) is 3.20. The zero-order valence-corrected chi connectivity index (χ0v) is 11.8. The van der Waals surface area contributed by atoms with E-state index in [1.165, 1.54) is 18.4 Å². The van der Waals surface area contributed by atoms with Crippen LogP contribution < -0.4 is 10.6 Å². The average molecular weight is 251 g/mol. The van der Waals surface area contributed by atoms with Crippen LogP contribution in [-0.2, 0) is 4.57 Å². The van der Waals surface area contributed by atoms with Gasteiger partial charge in [-0.2, -0.15) is 0 Å². The van der Waals surface area contributed by atoms with E-state index in [4.69, 9.17) is 0 Å². The number of hydrogen-bond donors (Lipinski definition) is 1. The van der Waals surface area contributed by atoms with Gasteiger partial charge in [0.05, 0.1) is 0 Å². The van der Waals surface area contributed by atoms with Crippen LogP contribution in [0.5, 0.6) is 0 Å². The topological polar surface area (TPSA) is 29.1 Å². The summed E-state index contributed by atoms with van der Waals surface area (Å²) in [6.45, 7) is 7.06. The van der Waals surface area contributed by atoms with E-state index in [2.05, 4.69) is 24.4 Å². The van der Waals surface area contributed by atoms with E-state index in [1.807, 2.05) is 25.5 Å². The Hall–Kier alpha value is -0.590. The van der Waals surface area contributed by atoms with Crippen molar-refractivity contribution in [3.63, 3.8) is 0 Å². The van der Waals surface area contributed by atoms with E-state index in [1.54, 1.807) is 0 Å². The zero-order valence-electron chi connectivity index (χ0n) is 10.9. The molecule has 0 aliphatic carbocycles. The first-order chi connectivity index (χ1) is 7.97. The molecule has 1 heterocycles. The van der Waals surface area contributed by atoms with E-state index in [9.17, 15) is 4.57 Å². The standard InChI is InChI=1S/C14H22NOP/c1-11-8-9-15-14(10-11)12-4-6-13(7-5-12)17(2,3)16/h4-7,11,14-15H,8-10H2,1-3H3. The largest absolute Gasteiger partial charge is 0.319 e. The Morgan fingerprint density at radius 3 is 2.41 bits per heavy atom. The van der Waals surface area contributed by atoms with Gasteiger partial charge in [0.2, 0.25) is 0 Å². The van der Waals surface area contributed by atoms with E-state index in [0.717, 1.165) is 17.8 Å². The minimum atomic E-state index is -2.11. The Morgan fingerprint density at radius 2 is 1.88 bits per heavy atom. The Labute approximate surface area is 104 Å². The minimum absolute atomic E-state index is 0.473. The molecule has 17 heavy (non-hydrogen) atoms. The molecule has 2 atom stereocenters. The molecule has 1 aliphatic heterocycles. The maximum Gasteiger partial charge on any atom is 0.109 e. The van der Waals surface area contributed by atoms with Gasteiger partial charge in [0, 0.05) is 11.3 Å². The van der Waals surface area contributed by atoms with Crippen molar-refractivity contribution in [2.24, 2.45) is 5.92 Å². The first kappa shape index (κ1) is 12.9. The highest BCUT2D eigenvalue weighted by Crippen LogP contribution is 2.35. The fourth-order valence-electron chi connectivity index (χ4n) is 2.43. The Balaban J connectivity index is 2.15. The highest BCUT2D eigenvalue weighted by atomic mass is 31.2. The molecule has 1 aromatic rings. The molecular formula is C14H22NOP. The molecule has 2 nitrogen and oxygen atoms in total. The molecule has 3 heteroatoms. The molecule has 0 spiro atoms. The van der Waals surface area contributed by atoms with Crippen LogP contribution in [0, 0.1) is 5.92 Å². The van der Waals surface area contributed by atoms with E-state index in [-0.39, 0.29) is 0 Å². The monoisotopic (exact) mass is 251 g/mol. The second kappa shape index (κ2) is 4.96. The van der Waals surface area contributed by atoms with Crippen LogP contribution in [0.4, 0.5) is 0 Å². The number of hydrogen-bond acceptors (Lipinski definition) is 2. The van der Waals surface area contributed by atoms with Gasteiger partial charge >= 0.3 is 0 Å². The fourth-order valence-corrected chi connectivity index (χ4v) is 3.29. The smallest absolute Gasteiger partial charge is 0.109 e. The number of nitrogens with one attached hydrogen (secondary N) is 1. The quantitative estimate of drug-likeness (QED) is 0.819. The Morgan fingerprint density at radius 1 is 1.24 bits per heavy atom. The summed E-state index contributed by atoms with van der Waals surface area (Å²) in [6.07, 6.45) is 2.48. The number of benzene rings is 1. The summed E-state index contributed by atoms with van der Waals surface area (Å²) in [5.74, 6) is 0.796. The second-order valence-corrected chi connectivity index (χ2v) is 8.80. The van der Waals surface area contributed by atoms with E-state index >= 15 is 0 Å². The molecule has 0 saturated carbocycles. The van der Waals surface area contributed by atoms with Crippen LogP contribution in [0.2, 0.25) is 0 Å². The molecule has 1 fully saturated rings. The van der Waals surface area contributed by atoms with Gasteiger partial charge in [0.15, 0.2) is 0 Å². The predicted octanol–water partition coefficient (Wildman–Crippen LogP) is 3.00. The highest BCUT2D eigenvalue weighted by molar-refractivity contribution is 7.70. The summed E-state index contributed by atoms with van der Waals surface area (Å²) in [4.78, 5) is 0. The summed E-state index contributed by atoms with van der Waals surface area (Å²) < 4.78 is 11.9. The van der Waals surface area contributed by atoms with Gasteiger partial charge in [-0.15, -0.1) is 0 Å². The van der Waals surface area contributed by atoms with Gasteiger partial charge in [-0.05, 0) is 44.2 Å². The summed E-state index contributed by atoms with van der Waals surface area (Å²) in [7, 11) is -2.11. The van der Waals surface area contributed by atoms with Crippen LogP contribution in [0.3, 0.4) is 0 Å². The van der Waals surface area contributed by atoms with Crippen molar-refractivity contribution in [2.45, 2.75) is 25.8 Å². The molecule has 1 N–H and O–H groups in total. The molecule has 1 aromatic carbocycles. The first-order valence-corrected chi connectivity index (χ1v) is 8.96. The lowest BCUT2D eigenvalue weighted by Crippen LogP contribution is -2.30. The maximum atomic E-state index is 11.9. The third-order valence-corrected chi connectivity index (χ3v) is 5.12. The summed E-state index contributed by atoms with van der Waals surface area (Å²) in [6, 6.07) is 8.78. The lowest BCUT2D eigenvalue weighted by atomic mass is 9.90. The van der Waals surface area contributed by atoms with Crippen LogP contribution in [-0.4, -0.2) is 19.9 Å².